The highest BCUT2D eigenvalue weighted by Gasteiger charge is 2.14. The Kier molecular flexibility index (Phi) is 6.46. The number of hydrogen-bond acceptors (Lipinski definition) is 5. The Bertz CT molecular complexity index is 1270. The van der Waals surface area contributed by atoms with Crippen LogP contribution in [0.3, 0.4) is 0 Å². The minimum absolute atomic E-state index is 0.111. The maximum Gasteiger partial charge on any atom is 0.270 e. The molecule has 0 fully saturated rings. The van der Waals surface area contributed by atoms with Crippen molar-refractivity contribution in [3.63, 3.8) is 0 Å². The molecule has 3 rings (SSSR count). The van der Waals surface area contributed by atoms with Gasteiger partial charge in [-0.3, -0.25) is 14.4 Å². The van der Waals surface area contributed by atoms with Crippen LogP contribution in [-0.4, -0.2) is 45.7 Å². The van der Waals surface area contributed by atoms with Gasteiger partial charge in [0.25, 0.3) is 17.7 Å². The molecule has 8 nitrogen and oxygen atoms in total. The molecule has 0 aliphatic rings. The fourth-order valence-corrected chi connectivity index (χ4v) is 2.90. The van der Waals surface area contributed by atoms with Gasteiger partial charge in [0.2, 0.25) is 0 Å². The molecule has 0 radical (unpaired) electrons. The third kappa shape index (κ3) is 6.46. The Morgan fingerprint density at radius 2 is 1.33 bits per heavy atom. The summed E-state index contributed by atoms with van der Waals surface area (Å²) >= 11 is 0. The Morgan fingerprint density at radius 1 is 0.818 bits per heavy atom. The summed E-state index contributed by atoms with van der Waals surface area (Å²) in [6.45, 7) is 0.318. The molecule has 1 aromatic heterocycles. The lowest BCUT2D eigenvalue weighted by Crippen LogP contribution is -2.30. The summed E-state index contributed by atoms with van der Waals surface area (Å²) in [6, 6.07) is 14.9. The number of carbonyl (C=O) groups is 3. The van der Waals surface area contributed by atoms with Crippen molar-refractivity contribution < 1.29 is 19.9 Å². The molecule has 0 unspecified atom stereocenters. The number of nitrogens with one attached hydrogen (secondary N) is 2. The van der Waals surface area contributed by atoms with Crippen LogP contribution in [0, 0.1) is 0 Å². The highest BCUT2D eigenvalue weighted by molar-refractivity contribution is 5.97. The van der Waals surface area contributed by atoms with Crippen molar-refractivity contribution in [2.45, 2.75) is 26.8 Å². The van der Waals surface area contributed by atoms with Crippen LogP contribution in [0.2, 0.25) is 0 Å². The summed E-state index contributed by atoms with van der Waals surface area (Å²) in [4.78, 5) is 47.1. The number of rotatable bonds is 9. The van der Waals surface area contributed by atoms with E-state index in [9.17, 15) is 14.4 Å². The third-order valence-corrected chi connectivity index (χ3v) is 4.73. The number of benzene rings is 2. The highest BCUT2D eigenvalue weighted by Crippen LogP contribution is 2.08. The average molecular weight is 450 g/mol. The molecule has 33 heavy (non-hydrogen) atoms. The first kappa shape index (κ1) is 18.5. The molecule has 3 amide bonds. The van der Waals surface area contributed by atoms with Crippen LogP contribution in [-0.2, 0) is 13.0 Å². The van der Waals surface area contributed by atoms with E-state index in [1.807, 2.05) is 13.8 Å². The minimum atomic E-state index is -2.31. The maximum atomic E-state index is 12.7. The van der Waals surface area contributed by atoms with E-state index in [4.69, 9.17) is 5.48 Å². The Labute approximate surface area is 198 Å². The van der Waals surface area contributed by atoms with Crippen LogP contribution in [0.1, 0.15) is 61.8 Å². The van der Waals surface area contributed by atoms with Crippen molar-refractivity contribution in [1.82, 2.24) is 25.5 Å². The third-order valence-electron chi connectivity index (χ3n) is 4.73. The summed E-state index contributed by atoms with van der Waals surface area (Å²) < 4.78 is 32.8. The van der Waals surface area contributed by atoms with Crippen molar-refractivity contribution in [2.24, 2.45) is 0 Å². The molecule has 0 aliphatic carbocycles. The van der Waals surface area contributed by atoms with E-state index in [0.717, 1.165) is 12.4 Å². The molecule has 0 spiro atoms. The van der Waals surface area contributed by atoms with Gasteiger partial charge in [-0.15, -0.1) is 0 Å². The SMILES string of the molecule is [2H]C([2H])(NC(=O)c1cc(C(=O)NC([2H])([2H])c2ccc(C(=O)N(CC)CC)cc2)ncn1)c1ccccc1. The Morgan fingerprint density at radius 3 is 1.85 bits per heavy atom. The van der Waals surface area contributed by atoms with Crippen LogP contribution in [0.25, 0.3) is 0 Å². The van der Waals surface area contributed by atoms with Crippen LogP contribution in [0.15, 0.2) is 67.0 Å². The second-order valence-corrected chi connectivity index (χ2v) is 6.87. The van der Waals surface area contributed by atoms with Crippen molar-refractivity contribution in [1.29, 1.82) is 0 Å². The van der Waals surface area contributed by atoms with E-state index in [-0.39, 0.29) is 28.4 Å². The summed E-state index contributed by atoms with van der Waals surface area (Å²) in [6.07, 6.45) is 0.963. The van der Waals surface area contributed by atoms with Gasteiger partial charge in [0, 0.05) is 37.7 Å². The van der Waals surface area contributed by atoms with Crippen LogP contribution < -0.4 is 10.6 Å². The van der Waals surface area contributed by atoms with Crippen molar-refractivity contribution in [3.8, 4) is 0 Å². The average Bonchev–Trinajstić information content (AvgIpc) is 2.89. The zero-order valence-electron chi connectivity index (χ0n) is 22.3. The van der Waals surface area contributed by atoms with Gasteiger partial charge in [0.1, 0.15) is 17.7 Å². The predicted molar refractivity (Wildman–Crippen MR) is 125 cm³/mol. The largest absolute Gasteiger partial charge is 0.347 e. The Balaban J connectivity index is 1.72. The van der Waals surface area contributed by atoms with Crippen molar-refractivity contribution in [3.05, 3.63) is 95.1 Å². The van der Waals surface area contributed by atoms with Gasteiger partial charge < -0.3 is 15.5 Å². The standard InChI is InChI=1S/C25H27N5O3/c1-3-30(4-2)25(33)20-12-10-19(11-13-20)16-27-24(32)22-14-21(28-17-29-22)23(31)26-15-18-8-6-5-7-9-18/h5-14,17H,3-4,15-16H2,1-2H3,(H,26,31)(H,27,32)/i15D2,16D2. The summed E-state index contributed by atoms with van der Waals surface area (Å²) in [5.41, 5.74) is 0.197. The van der Waals surface area contributed by atoms with E-state index in [0.29, 0.717) is 18.7 Å². The molecular formula is C25H27N5O3. The number of aromatic nitrogens is 2. The summed E-state index contributed by atoms with van der Waals surface area (Å²) in [5.74, 6) is -1.96. The van der Waals surface area contributed by atoms with E-state index < -0.39 is 24.8 Å². The van der Waals surface area contributed by atoms with Gasteiger partial charge in [-0.25, -0.2) is 9.97 Å². The molecule has 8 heteroatoms. The molecular weight excluding hydrogens is 418 g/mol. The van der Waals surface area contributed by atoms with Gasteiger partial charge in [-0.05, 0) is 37.1 Å². The van der Waals surface area contributed by atoms with E-state index in [1.165, 1.54) is 36.4 Å². The lowest BCUT2D eigenvalue weighted by molar-refractivity contribution is 0.0772. The molecule has 1 heterocycles. The molecule has 0 aliphatic heterocycles. The van der Waals surface area contributed by atoms with Crippen LogP contribution in [0.4, 0.5) is 0 Å². The van der Waals surface area contributed by atoms with Gasteiger partial charge >= 0.3 is 0 Å². The van der Waals surface area contributed by atoms with Gasteiger partial charge in [0.15, 0.2) is 0 Å². The molecule has 0 bridgehead atoms. The first-order chi connectivity index (χ1) is 17.5. The lowest BCUT2D eigenvalue weighted by Gasteiger charge is -2.18. The smallest absolute Gasteiger partial charge is 0.270 e. The van der Waals surface area contributed by atoms with Crippen LogP contribution >= 0.6 is 0 Å². The molecule has 0 saturated carbocycles. The van der Waals surface area contributed by atoms with Crippen molar-refractivity contribution >= 4 is 17.7 Å². The molecule has 0 atom stereocenters. The molecule has 2 N–H and O–H groups in total. The first-order valence-corrected chi connectivity index (χ1v) is 10.4. The molecule has 0 saturated heterocycles. The highest BCUT2D eigenvalue weighted by atomic mass is 16.2. The second-order valence-electron chi connectivity index (χ2n) is 6.87. The molecule has 3 aromatic rings. The van der Waals surface area contributed by atoms with Crippen molar-refractivity contribution in [2.75, 3.05) is 13.1 Å². The lowest BCUT2D eigenvalue weighted by atomic mass is 10.1. The number of carbonyl (C=O) groups excluding carboxylic acids is 3. The second kappa shape index (κ2) is 11.5. The van der Waals surface area contributed by atoms with Gasteiger partial charge in [0.05, 0.1) is 5.48 Å². The normalized spacial score (nSPS) is 13.0. The summed E-state index contributed by atoms with van der Waals surface area (Å²) in [7, 11) is 0. The Hall–Kier alpha value is -4.07. The van der Waals surface area contributed by atoms with E-state index in [1.54, 1.807) is 23.1 Å². The van der Waals surface area contributed by atoms with E-state index in [2.05, 4.69) is 20.6 Å². The predicted octanol–water partition coefficient (Wildman–Crippen LogP) is 2.82. The number of amides is 3. The fraction of sp³-hybridized carbons (Fsp3) is 0.240. The quantitative estimate of drug-likeness (QED) is 0.523. The first-order valence-electron chi connectivity index (χ1n) is 12.4. The summed E-state index contributed by atoms with van der Waals surface area (Å²) in [5, 5.41) is 4.45. The van der Waals surface area contributed by atoms with Gasteiger partial charge in [-0.1, -0.05) is 42.5 Å². The number of hydrogen-bond donors (Lipinski definition) is 2. The monoisotopic (exact) mass is 449 g/mol. The fourth-order valence-electron chi connectivity index (χ4n) is 2.90. The number of nitrogens with zero attached hydrogens (tertiary/aromatic N) is 3. The van der Waals surface area contributed by atoms with E-state index >= 15 is 0 Å². The van der Waals surface area contributed by atoms with Gasteiger partial charge in [-0.2, -0.15) is 0 Å². The van der Waals surface area contributed by atoms with Crippen LogP contribution in [0.5, 0.6) is 0 Å². The molecule has 170 valence electrons. The topological polar surface area (TPSA) is 104 Å². The molecule has 2 aromatic carbocycles. The zero-order chi connectivity index (χ0) is 27.2. The minimum Gasteiger partial charge on any atom is -0.347 e. The maximum absolute atomic E-state index is 12.7. The zero-order valence-corrected chi connectivity index (χ0v) is 18.3.